The monoisotopic (exact) mass is 416 g/mol. The van der Waals surface area contributed by atoms with Crippen molar-refractivity contribution in [1.82, 2.24) is 10.3 Å². The predicted octanol–water partition coefficient (Wildman–Crippen LogP) is 4.50. The molecule has 31 heavy (non-hydrogen) atoms. The number of esters is 1. The molecule has 5 nitrogen and oxygen atoms in total. The summed E-state index contributed by atoms with van der Waals surface area (Å²) in [6.07, 6.45) is 4.51. The number of rotatable bonds is 5. The summed E-state index contributed by atoms with van der Waals surface area (Å²) in [5, 5.41) is 3.31. The molecule has 0 radical (unpaired) electrons. The van der Waals surface area contributed by atoms with Gasteiger partial charge in [-0.3, -0.25) is 14.6 Å². The highest BCUT2D eigenvalue weighted by molar-refractivity contribution is 6.01. The summed E-state index contributed by atoms with van der Waals surface area (Å²) >= 11 is 0. The van der Waals surface area contributed by atoms with Crippen molar-refractivity contribution in [2.24, 2.45) is 11.8 Å². The first-order chi connectivity index (χ1) is 15.0. The molecular weight excluding hydrogens is 388 g/mol. The Kier molecular flexibility index (Phi) is 6.03. The minimum Gasteiger partial charge on any atom is -0.465 e. The molecule has 0 fully saturated rings. The standard InChI is InChI=1S/C26H28N2O3/c1-16(2)15-31-26(30)23-17(3)28-21-13-20(18-7-5-4-6-8-18)14-22(29)25(21)24(23)19-9-11-27-12-10-19/h4-12,16,20,23-24,28H,3,13-15H2,1-2H3. The second kappa shape index (κ2) is 8.88. The molecule has 160 valence electrons. The molecule has 2 aromatic rings. The fourth-order valence-electron chi connectivity index (χ4n) is 4.56. The van der Waals surface area contributed by atoms with Crippen molar-refractivity contribution in [2.75, 3.05) is 6.61 Å². The lowest BCUT2D eigenvalue weighted by molar-refractivity contribution is -0.149. The first-order valence-corrected chi connectivity index (χ1v) is 10.8. The highest BCUT2D eigenvalue weighted by Gasteiger charge is 2.45. The maximum atomic E-state index is 13.4. The number of nitrogens with zero attached hydrogens (tertiary/aromatic N) is 1. The summed E-state index contributed by atoms with van der Waals surface area (Å²) in [5.74, 6) is -1.02. The van der Waals surface area contributed by atoms with Gasteiger partial charge in [-0.1, -0.05) is 50.8 Å². The van der Waals surface area contributed by atoms with Crippen LogP contribution in [0.15, 0.2) is 78.4 Å². The molecular formula is C26H28N2O3. The molecule has 1 N–H and O–H groups in total. The van der Waals surface area contributed by atoms with E-state index in [0.29, 0.717) is 30.7 Å². The van der Waals surface area contributed by atoms with Crippen LogP contribution in [-0.2, 0) is 14.3 Å². The number of carbonyl (C=O) groups is 2. The van der Waals surface area contributed by atoms with Crippen molar-refractivity contribution < 1.29 is 14.3 Å². The van der Waals surface area contributed by atoms with E-state index in [-0.39, 0.29) is 23.6 Å². The lowest BCUT2D eigenvalue weighted by Crippen LogP contribution is -2.42. The van der Waals surface area contributed by atoms with Gasteiger partial charge in [-0.15, -0.1) is 0 Å². The fourth-order valence-corrected chi connectivity index (χ4v) is 4.56. The Bertz CT molecular complexity index is 1010. The Labute approximate surface area is 183 Å². The number of carbonyl (C=O) groups excluding carboxylic acids is 2. The number of hydrogen-bond donors (Lipinski definition) is 1. The lowest BCUT2D eigenvalue weighted by Gasteiger charge is -2.40. The van der Waals surface area contributed by atoms with Gasteiger partial charge in [0, 0.05) is 41.7 Å². The second-order valence-electron chi connectivity index (χ2n) is 8.74. The van der Waals surface area contributed by atoms with E-state index in [9.17, 15) is 9.59 Å². The van der Waals surface area contributed by atoms with Gasteiger partial charge in [0.15, 0.2) is 5.78 Å². The minimum absolute atomic E-state index is 0.0681. The number of allylic oxidation sites excluding steroid dienone is 2. The zero-order valence-corrected chi connectivity index (χ0v) is 18.0. The van der Waals surface area contributed by atoms with Crippen LogP contribution in [0.3, 0.4) is 0 Å². The summed E-state index contributed by atoms with van der Waals surface area (Å²) in [4.78, 5) is 30.6. The molecule has 0 bridgehead atoms. The van der Waals surface area contributed by atoms with Crippen LogP contribution in [-0.4, -0.2) is 23.3 Å². The van der Waals surface area contributed by atoms with Crippen LogP contribution in [0.1, 0.15) is 49.7 Å². The molecule has 4 rings (SSSR count). The number of benzene rings is 1. The first kappa shape index (κ1) is 21.0. The molecule has 0 amide bonds. The van der Waals surface area contributed by atoms with Gasteiger partial charge in [0.1, 0.15) is 5.92 Å². The number of aromatic nitrogens is 1. The minimum atomic E-state index is -0.655. The number of Topliss-reactive ketones (excluding diaryl/α,β-unsaturated/α-hetero) is 1. The summed E-state index contributed by atoms with van der Waals surface area (Å²) < 4.78 is 5.58. The van der Waals surface area contributed by atoms with Gasteiger partial charge in [0.2, 0.25) is 0 Å². The van der Waals surface area contributed by atoms with E-state index in [2.05, 4.69) is 29.0 Å². The molecule has 0 saturated heterocycles. The van der Waals surface area contributed by atoms with E-state index in [0.717, 1.165) is 16.8 Å². The van der Waals surface area contributed by atoms with Crippen LogP contribution < -0.4 is 5.32 Å². The van der Waals surface area contributed by atoms with E-state index in [4.69, 9.17) is 4.74 Å². The third kappa shape index (κ3) is 4.31. The van der Waals surface area contributed by atoms with Crippen LogP contribution in [0.2, 0.25) is 0 Å². The zero-order chi connectivity index (χ0) is 22.0. The largest absolute Gasteiger partial charge is 0.465 e. The molecule has 0 spiro atoms. The predicted molar refractivity (Wildman–Crippen MR) is 119 cm³/mol. The van der Waals surface area contributed by atoms with E-state index < -0.39 is 11.8 Å². The lowest BCUT2D eigenvalue weighted by atomic mass is 9.69. The van der Waals surface area contributed by atoms with Crippen molar-refractivity contribution in [2.45, 2.75) is 38.5 Å². The van der Waals surface area contributed by atoms with E-state index in [1.807, 2.05) is 44.2 Å². The zero-order valence-electron chi connectivity index (χ0n) is 18.0. The Morgan fingerprint density at radius 1 is 1.13 bits per heavy atom. The van der Waals surface area contributed by atoms with Crippen LogP contribution >= 0.6 is 0 Å². The van der Waals surface area contributed by atoms with Gasteiger partial charge in [-0.05, 0) is 41.5 Å². The Balaban J connectivity index is 1.74. The van der Waals surface area contributed by atoms with Crippen molar-refractivity contribution in [3.8, 4) is 0 Å². The van der Waals surface area contributed by atoms with Gasteiger partial charge >= 0.3 is 5.97 Å². The van der Waals surface area contributed by atoms with Crippen molar-refractivity contribution in [1.29, 1.82) is 0 Å². The average molecular weight is 417 g/mol. The maximum absolute atomic E-state index is 13.4. The molecule has 0 saturated carbocycles. The number of pyridine rings is 1. The summed E-state index contributed by atoms with van der Waals surface area (Å²) in [6.45, 7) is 8.49. The number of ether oxygens (including phenoxy) is 1. The normalized spacial score (nSPS) is 23.4. The van der Waals surface area contributed by atoms with Crippen LogP contribution in [0.25, 0.3) is 0 Å². The second-order valence-corrected chi connectivity index (χ2v) is 8.74. The van der Waals surface area contributed by atoms with Crippen molar-refractivity contribution >= 4 is 11.8 Å². The van der Waals surface area contributed by atoms with E-state index in [1.165, 1.54) is 0 Å². The van der Waals surface area contributed by atoms with Gasteiger partial charge in [-0.2, -0.15) is 0 Å². The summed E-state index contributed by atoms with van der Waals surface area (Å²) in [6, 6.07) is 13.8. The van der Waals surface area contributed by atoms with Gasteiger partial charge < -0.3 is 10.1 Å². The van der Waals surface area contributed by atoms with Gasteiger partial charge in [-0.25, -0.2) is 0 Å². The van der Waals surface area contributed by atoms with Crippen LogP contribution in [0.5, 0.6) is 0 Å². The van der Waals surface area contributed by atoms with Crippen LogP contribution in [0.4, 0.5) is 0 Å². The smallest absolute Gasteiger partial charge is 0.315 e. The Morgan fingerprint density at radius 2 is 1.84 bits per heavy atom. The molecule has 3 atom stereocenters. The fraction of sp³-hybridized carbons (Fsp3) is 0.346. The van der Waals surface area contributed by atoms with Crippen molar-refractivity contribution in [3.05, 3.63) is 89.5 Å². The molecule has 5 heteroatoms. The number of ketones is 1. The van der Waals surface area contributed by atoms with Crippen molar-refractivity contribution in [3.63, 3.8) is 0 Å². The quantitative estimate of drug-likeness (QED) is 0.727. The topological polar surface area (TPSA) is 68.3 Å². The summed E-state index contributed by atoms with van der Waals surface area (Å²) in [7, 11) is 0. The number of nitrogens with one attached hydrogen (secondary N) is 1. The first-order valence-electron chi connectivity index (χ1n) is 10.8. The van der Waals surface area contributed by atoms with Crippen LogP contribution in [0, 0.1) is 11.8 Å². The molecule has 2 aliphatic rings. The molecule has 2 heterocycles. The molecule has 1 aliphatic heterocycles. The Morgan fingerprint density at radius 3 is 2.52 bits per heavy atom. The van der Waals surface area contributed by atoms with E-state index in [1.54, 1.807) is 12.4 Å². The maximum Gasteiger partial charge on any atom is 0.315 e. The Hall–Kier alpha value is -3.21. The third-order valence-corrected chi connectivity index (χ3v) is 5.99. The van der Waals surface area contributed by atoms with Gasteiger partial charge in [0.25, 0.3) is 0 Å². The highest BCUT2D eigenvalue weighted by Crippen LogP contribution is 2.47. The van der Waals surface area contributed by atoms with E-state index >= 15 is 0 Å². The summed E-state index contributed by atoms with van der Waals surface area (Å²) in [5.41, 5.74) is 4.15. The molecule has 1 aromatic heterocycles. The van der Waals surface area contributed by atoms with Gasteiger partial charge in [0.05, 0.1) is 6.61 Å². The average Bonchev–Trinajstić information content (AvgIpc) is 2.77. The molecule has 1 aromatic carbocycles. The highest BCUT2D eigenvalue weighted by atomic mass is 16.5. The third-order valence-electron chi connectivity index (χ3n) is 5.99. The molecule has 3 unspecified atom stereocenters. The SMILES string of the molecule is C=C1NC2=C(C(=O)CC(c3ccccc3)C2)C(c2ccncc2)C1C(=O)OCC(C)C. The molecule has 1 aliphatic carbocycles. The number of hydrogen-bond acceptors (Lipinski definition) is 5.